The second-order valence-corrected chi connectivity index (χ2v) is 8.95. The Kier molecular flexibility index (Phi) is 3.50. The molecule has 3 fully saturated rings. The molecule has 6 atom stereocenters. The predicted octanol–water partition coefficient (Wildman–Crippen LogP) is 4.76. The molecule has 2 nitrogen and oxygen atoms in total. The van der Waals surface area contributed by atoms with Crippen LogP contribution in [0.3, 0.4) is 0 Å². The number of hydrogen-bond donors (Lipinski definition) is 1. The maximum absolute atomic E-state index is 10.1. The summed E-state index contributed by atoms with van der Waals surface area (Å²) in [6.07, 6.45) is 13.4. The Bertz CT molecular complexity index is 612. The number of nitriles is 1. The highest BCUT2D eigenvalue weighted by Crippen LogP contribution is 2.66. The van der Waals surface area contributed by atoms with Gasteiger partial charge in [-0.1, -0.05) is 31.1 Å². The lowest BCUT2D eigenvalue weighted by atomic mass is 9.48. The number of nitrogens with zero attached hydrogens (tertiary/aromatic N) is 1. The Morgan fingerprint density at radius 3 is 2.70 bits per heavy atom. The van der Waals surface area contributed by atoms with Crippen LogP contribution in [-0.4, -0.2) is 11.2 Å². The van der Waals surface area contributed by atoms with Crippen molar-refractivity contribution in [3.63, 3.8) is 0 Å². The number of allylic oxidation sites excluding steroid dienone is 3. The van der Waals surface area contributed by atoms with Crippen LogP contribution in [0.2, 0.25) is 0 Å². The summed E-state index contributed by atoms with van der Waals surface area (Å²) in [6, 6.07) is 2.30. The van der Waals surface area contributed by atoms with E-state index in [0.29, 0.717) is 5.41 Å². The molecule has 3 saturated carbocycles. The first-order chi connectivity index (χ1) is 11.0. The molecule has 4 rings (SSSR count). The van der Waals surface area contributed by atoms with Crippen molar-refractivity contribution >= 4 is 0 Å². The van der Waals surface area contributed by atoms with Crippen molar-refractivity contribution in [2.75, 3.05) is 0 Å². The van der Waals surface area contributed by atoms with Gasteiger partial charge in [-0.3, -0.25) is 0 Å². The van der Waals surface area contributed by atoms with Crippen LogP contribution >= 0.6 is 0 Å². The van der Waals surface area contributed by atoms with Crippen molar-refractivity contribution in [2.24, 2.45) is 28.6 Å². The second kappa shape index (κ2) is 5.21. The van der Waals surface area contributed by atoms with Gasteiger partial charge in [-0.15, -0.1) is 0 Å². The Morgan fingerprint density at radius 2 is 1.91 bits per heavy atom. The maximum atomic E-state index is 10.1. The fourth-order valence-electron chi connectivity index (χ4n) is 6.80. The van der Waals surface area contributed by atoms with E-state index in [-0.39, 0.29) is 11.5 Å². The minimum atomic E-state index is -0.114. The number of aliphatic hydroxyl groups is 1. The van der Waals surface area contributed by atoms with Gasteiger partial charge in [0, 0.05) is 6.08 Å². The summed E-state index contributed by atoms with van der Waals surface area (Å²) in [6.45, 7) is 4.90. The Labute approximate surface area is 140 Å². The average molecular weight is 311 g/mol. The van der Waals surface area contributed by atoms with Crippen LogP contribution < -0.4 is 0 Å². The van der Waals surface area contributed by atoms with Crippen molar-refractivity contribution in [1.29, 1.82) is 5.26 Å². The van der Waals surface area contributed by atoms with Crippen molar-refractivity contribution < 1.29 is 5.11 Å². The van der Waals surface area contributed by atoms with E-state index >= 15 is 0 Å². The van der Waals surface area contributed by atoms with Gasteiger partial charge in [-0.25, -0.2) is 0 Å². The third-order valence-corrected chi connectivity index (χ3v) is 8.16. The topological polar surface area (TPSA) is 44.0 Å². The molecule has 0 spiro atoms. The molecule has 23 heavy (non-hydrogen) atoms. The zero-order valence-electron chi connectivity index (χ0n) is 14.5. The molecule has 4 aliphatic carbocycles. The van der Waals surface area contributed by atoms with Gasteiger partial charge in [0.05, 0.1) is 12.2 Å². The second-order valence-electron chi connectivity index (χ2n) is 8.95. The zero-order valence-corrected chi connectivity index (χ0v) is 14.5. The van der Waals surface area contributed by atoms with Gasteiger partial charge in [0.15, 0.2) is 0 Å². The molecule has 0 aliphatic heterocycles. The highest BCUT2D eigenvalue weighted by Gasteiger charge is 2.57. The number of aliphatic hydroxyl groups excluding tert-OH is 1. The lowest BCUT2D eigenvalue weighted by molar-refractivity contribution is -0.0268. The Hall–Kier alpha value is -1.07. The van der Waals surface area contributed by atoms with Crippen LogP contribution in [0.15, 0.2) is 23.3 Å². The predicted molar refractivity (Wildman–Crippen MR) is 91.4 cm³/mol. The Morgan fingerprint density at radius 1 is 1.17 bits per heavy atom. The van der Waals surface area contributed by atoms with E-state index in [4.69, 9.17) is 5.26 Å². The van der Waals surface area contributed by atoms with Gasteiger partial charge in [-0.2, -0.15) is 5.26 Å². The van der Waals surface area contributed by atoms with E-state index in [2.05, 4.69) is 26.0 Å². The third kappa shape index (κ3) is 2.09. The molecule has 0 heterocycles. The highest BCUT2D eigenvalue weighted by molar-refractivity contribution is 5.31. The highest BCUT2D eigenvalue weighted by atomic mass is 16.3. The molecule has 0 saturated heterocycles. The molecule has 6 unspecified atom stereocenters. The van der Waals surface area contributed by atoms with Crippen LogP contribution in [-0.2, 0) is 0 Å². The molecule has 0 radical (unpaired) electrons. The summed E-state index contributed by atoms with van der Waals surface area (Å²) >= 11 is 0. The summed E-state index contributed by atoms with van der Waals surface area (Å²) in [5.74, 6) is 2.32. The van der Waals surface area contributed by atoms with Crippen molar-refractivity contribution in [3.05, 3.63) is 23.3 Å². The molecule has 4 aliphatic rings. The summed E-state index contributed by atoms with van der Waals surface area (Å²) in [4.78, 5) is 0. The zero-order chi connectivity index (χ0) is 16.2. The molecule has 0 aromatic carbocycles. The lowest BCUT2D eigenvalue weighted by Gasteiger charge is -2.57. The average Bonchev–Trinajstić information content (AvgIpc) is 2.85. The quantitative estimate of drug-likeness (QED) is 0.518. The van der Waals surface area contributed by atoms with Gasteiger partial charge in [0.2, 0.25) is 0 Å². The van der Waals surface area contributed by atoms with Gasteiger partial charge in [0.25, 0.3) is 0 Å². The van der Waals surface area contributed by atoms with Gasteiger partial charge >= 0.3 is 0 Å². The molecular weight excluding hydrogens is 282 g/mol. The first-order valence-corrected chi connectivity index (χ1v) is 9.46. The fourth-order valence-corrected chi connectivity index (χ4v) is 6.80. The monoisotopic (exact) mass is 311 g/mol. The normalized spacial score (nSPS) is 50.5. The molecule has 0 aromatic heterocycles. The van der Waals surface area contributed by atoms with Crippen molar-refractivity contribution in [2.45, 2.75) is 71.3 Å². The van der Waals surface area contributed by atoms with E-state index in [1.165, 1.54) is 31.3 Å². The largest absolute Gasteiger partial charge is 0.393 e. The van der Waals surface area contributed by atoms with Gasteiger partial charge < -0.3 is 5.11 Å². The van der Waals surface area contributed by atoms with Gasteiger partial charge in [0.1, 0.15) is 0 Å². The van der Waals surface area contributed by atoms with E-state index in [0.717, 1.165) is 43.4 Å². The van der Waals surface area contributed by atoms with Crippen LogP contribution in [0, 0.1) is 39.9 Å². The molecule has 124 valence electrons. The van der Waals surface area contributed by atoms with Gasteiger partial charge in [-0.05, 0) is 80.0 Å². The first-order valence-electron chi connectivity index (χ1n) is 9.46. The van der Waals surface area contributed by atoms with Crippen LogP contribution in [0.25, 0.3) is 0 Å². The van der Waals surface area contributed by atoms with E-state index in [1.54, 1.807) is 5.57 Å². The summed E-state index contributed by atoms with van der Waals surface area (Å²) in [5, 5.41) is 19.2. The molecule has 1 N–H and O–H groups in total. The van der Waals surface area contributed by atoms with E-state index in [9.17, 15) is 5.11 Å². The first kappa shape index (κ1) is 15.5. The van der Waals surface area contributed by atoms with E-state index < -0.39 is 0 Å². The Balaban J connectivity index is 1.68. The van der Waals surface area contributed by atoms with Crippen LogP contribution in [0.1, 0.15) is 65.2 Å². The number of hydrogen-bond acceptors (Lipinski definition) is 2. The third-order valence-electron chi connectivity index (χ3n) is 8.16. The lowest BCUT2D eigenvalue weighted by Crippen LogP contribution is -2.49. The minimum Gasteiger partial charge on any atom is -0.393 e. The standard InChI is InChI=1S/C21H29NO/c1-20-11-8-19-17(18(20)6-4-14(20)9-12-22)5-3-15-13-16(23)7-10-21(15,19)2/h3,9,16-19,23H,4-8,10-11,13H2,1-2H3/b14-9+. The summed E-state index contributed by atoms with van der Waals surface area (Å²) < 4.78 is 0. The SMILES string of the molecule is CC12CCC(O)CC1=CCC1C2CCC2(C)/C(=C/C#N)CCC12. The maximum Gasteiger partial charge on any atom is 0.0911 e. The molecular formula is C21H29NO. The van der Waals surface area contributed by atoms with E-state index in [1.807, 2.05) is 6.08 Å². The summed E-state index contributed by atoms with van der Waals surface area (Å²) in [5.41, 5.74) is 3.56. The number of rotatable bonds is 0. The molecule has 0 bridgehead atoms. The molecule has 2 heteroatoms. The summed E-state index contributed by atoms with van der Waals surface area (Å²) in [7, 11) is 0. The number of fused-ring (bicyclic) bond motifs is 5. The van der Waals surface area contributed by atoms with Crippen LogP contribution in [0.4, 0.5) is 0 Å². The molecule has 0 amide bonds. The van der Waals surface area contributed by atoms with Crippen molar-refractivity contribution in [1.82, 2.24) is 0 Å². The minimum absolute atomic E-state index is 0.114. The van der Waals surface area contributed by atoms with Crippen LogP contribution in [0.5, 0.6) is 0 Å². The fraction of sp³-hybridized carbons (Fsp3) is 0.762. The van der Waals surface area contributed by atoms with Crippen molar-refractivity contribution in [3.8, 4) is 6.07 Å². The smallest absolute Gasteiger partial charge is 0.0911 e. The molecule has 0 aromatic rings.